The van der Waals surface area contributed by atoms with Crippen LogP contribution in [0.2, 0.25) is 0 Å². The number of aromatic nitrogens is 2. The van der Waals surface area contributed by atoms with Crippen molar-refractivity contribution in [2.75, 3.05) is 18.6 Å². The van der Waals surface area contributed by atoms with Gasteiger partial charge in [-0.05, 0) is 36.9 Å². The van der Waals surface area contributed by atoms with Crippen molar-refractivity contribution in [1.29, 1.82) is 5.26 Å². The van der Waals surface area contributed by atoms with Gasteiger partial charge in [0.2, 0.25) is 0 Å². The second-order valence-corrected chi connectivity index (χ2v) is 5.86. The molecule has 120 valence electrons. The van der Waals surface area contributed by atoms with Gasteiger partial charge >= 0.3 is 0 Å². The molecular formula is C16H18N4O2S. The molecule has 6 nitrogen and oxygen atoms in total. The first kappa shape index (κ1) is 17.1. The highest BCUT2D eigenvalue weighted by Gasteiger charge is 2.15. The van der Waals surface area contributed by atoms with Gasteiger partial charge in [0.1, 0.15) is 0 Å². The lowest BCUT2D eigenvalue weighted by Crippen LogP contribution is -2.37. The molecule has 0 aliphatic carbocycles. The molecule has 0 unspecified atom stereocenters. The van der Waals surface area contributed by atoms with Gasteiger partial charge in [-0.1, -0.05) is 6.07 Å². The Morgan fingerprint density at radius 1 is 1.52 bits per heavy atom. The first-order chi connectivity index (χ1) is 11.2. The third kappa shape index (κ3) is 4.58. The lowest BCUT2D eigenvalue weighted by molar-refractivity contribution is 0.0930. The first-order valence-electron chi connectivity index (χ1n) is 7.14. The molecule has 0 saturated carbocycles. The van der Waals surface area contributed by atoms with E-state index in [0.717, 1.165) is 11.4 Å². The number of aliphatic hydroxyl groups is 1. The summed E-state index contributed by atoms with van der Waals surface area (Å²) in [7, 11) is 0. The quantitative estimate of drug-likeness (QED) is 0.804. The monoisotopic (exact) mass is 330 g/mol. The molecule has 23 heavy (non-hydrogen) atoms. The molecule has 2 aromatic rings. The molecule has 1 aromatic carbocycles. The van der Waals surface area contributed by atoms with Crippen LogP contribution < -0.4 is 5.32 Å². The highest BCUT2D eigenvalue weighted by atomic mass is 32.2. The van der Waals surface area contributed by atoms with Crippen LogP contribution in [0.25, 0.3) is 5.69 Å². The molecule has 0 aliphatic heterocycles. The third-order valence-corrected chi connectivity index (χ3v) is 3.98. The molecule has 0 bridgehead atoms. The maximum absolute atomic E-state index is 12.2. The van der Waals surface area contributed by atoms with Crippen LogP contribution in [0.4, 0.5) is 0 Å². The summed E-state index contributed by atoms with van der Waals surface area (Å²) in [5.74, 6) is 0.463. The standard InChI is InChI=1S/C16H18N4O2S/c1-23-11-13(6-8-21)18-16(22)15-5-7-20(19-15)14-4-2-3-12(9-14)10-17/h2-5,7,9,13,21H,6,8,11H2,1H3,(H,18,22)/t13-/m0/s1. The van der Waals surface area contributed by atoms with Crippen LogP contribution in [-0.4, -0.2) is 45.5 Å². The predicted molar refractivity (Wildman–Crippen MR) is 89.6 cm³/mol. The van der Waals surface area contributed by atoms with Crippen molar-refractivity contribution >= 4 is 17.7 Å². The van der Waals surface area contributed by atoms with Crippen LogP contribution in [0.3, 0.4) is 0 Å². The minimum absolute atomic E-state index is 0.0287. The molecule has 2 N–H and O–H groups in total. The second-order valence-electron chi connectivity index (χ2n) is 4.95. The summed E-state index contributed by atoms with van der Waals surface area (Å²) >= 11 is 1.61. The van der Waals surface area contributed by atoms with Gasteiger partial charge in [-0.25, -0.2) is 4.68 Å². The van der Waals surface area contributed by atoms with E-state index in [1.54, 1.807) is 46.9 Å². The maximum atomic E-state index is 12.2. The van der Waals surface area contributed by atoms with Crippen molar-refractivity contribution in [3.8, 4) is 11.8 Å². The molecule has 1 amide bonds. The molecule has 0 aliphatic rings. The molecule has 1 atom stereocenters. The van der Waals surface area contributed by atoms with E-state index in [0.29, 0.717) is 17.7 Å². The molecule has 0 fully saturated rings. The van der Waals surface area contributed by atoms with Crippen LogP contribution in [-0.2, 0) is 0 Å². The van der Waals surface area contributed by atoms with E-state index in [4.69, 9.17) is 10.4 Å². The second kappa shape index (κ2) is 8.36. The molecule has 1 aromatic heterocycles. The Morgan fingerprint density at radius 2 is 2.35 bits per heavy atom. The van der Waals surface area contributed by atoms with Gasteiger partial charge in [0, 0.05) is 24.6 Å². The summed E-state index contributed by atoms with van der Waals surface area (Å²) < 4.78 is 1.56. The van der Waals surface area contributed by atoms with Crippen LogP contribution in [0, 0.1) is 11.3 Å². The van der Waals surface area contributed by atoms with Crippen molar-refractivity contribution in [3.05, 3.63) is 47.8 Å². The zero-order valence-electron chi connectivity index (χ0n) is 12.8. The van der Waals surface area contributed by atoms with E-state index >= 15 is 0 Å². The Bertz CT molecular complexity index is 702. The number of hydrogen-bond acceptors (Lipinski definition) is 5. The molecule has 7 heteroatoms. The number of carbonyl (C=O) groups excluding carboxylic acids is 1. The summed E-state index contributed by atoms with van der Waals surface area (Å²) in [6.07, 6.45) is 4.14. The number of rotatable bonds is 7. The average molecular weight is 330 g/mol. The Morgan fingerprint density at radius 3 is 3.04 bits per heavy atom. The highest BCUT2D eigenvalue weighted by Crippen LogP contribution is 2.10. The van der Waals surface area contributed by atoms with Gasteiger partial charge < -0.3 is 10.4 Å². The normalized spacial score (nSPS) is 11.7. The number of amides is 1. The van der Waals surface area contributed by atoms with Gasteiger partial charge in [0.05, 0.1) is 17.3 Å². The van der Waals surface area contributed by atoms with Gasteiger partial charge in [0.15, 0.2) is 5.69 Å². The number of nitrogens with one attached hydrogen (secondary N) is 1. The summed E-state index contributed by atoms with van der Waals surface area (Å²) in [6.45, 7) is 0.0287. The largest absolute Gasteiger partial charge is 0.396 e. The summed E-state index contributed by atoms with van der Waals surface area (Å²) in [5.41, 5.74) is 1.56. The van der Waals surface area contributed by atoms with Crippen molar-refractivity contribution in [2.24, 2.45) is 0 Å². The van der Waals surface area contributed by atoms with Crippen molar-refractivity contribution in [2.45, 2.75) is 12.5 Å². The first-order valence-corrected chi connectivity index (χ1v) is 8.54. The predicted octanol–water partition coefficient (Wildman–Crippen LogP) is 1.59. The lowest BCUT2D eigenvalue weighted by Gasteiger charge is -2.15. The smallest absolute Gasteiger partial charge is 0.272 e. The van der Waals surface area contributed by atoms with Crippen LogP contribution in [0.5, 0.6) is 0 Å². The van der Waals surface area contributed by atoms with Gasteiger partial charge in [-0.2, -0.15) is 22.1 Å². The fraction of sp³-hybridized carbons (Fsp3) is 0.312. The number of hydrogen-bond donors (Lipinski definition) is 2. The number of nitriles is 1. The zero-order valence-corrected chi connectivity index (χ0v) is 13.6. The fourth-order valence-corrected chi connectivity index (χ4v) is 2.77. The third-order valence-electron chi connectivity index (χ3n) is 3.24. The van der Waals surface area contributed by atoms with E-state index in [1.165, 1.54) is 0 Å². The van der Waals surface area contributed by atoms with Crippen LogP contribution in [0.1, 0.15) is 22.5 Å². The van der Waals surface area contributed by atoms with Crippen molar-refractivity contribution in [3.63, 3.8) is 0 Å². The molecule has 0 spiro atoms. The van der Waals surface area contributed by atoms with Crippen molar-refractivity contribution < 1.29 is 9.90 Å². The molecule has 0 radical (unpaired) electrons. The molecule has 1 heterocycles. The summed E-state index contributed by atoms with van der Waals surface area (Å²) in [6, 6.07) is 10.6. The Balaban J connectivity index is 2.11. The van der Waals surface area contributed by atoms with E-state index in [2.05, 4.69) is 16.5 Å². The summed E-state index contributed by atoms with van der Waals surface area (Å²) in [5, 5.41) is 25.1. The zero-order chi connectivity index (χ0) is 16.7. The molecule has 2 rings (SSSR count). The van der Waals surface area contributed by atoms with Crippen molar-refractivity contribution in [1.82, 2.24) is 15.1 Å². The van der Waals surface area contributed by atoms with Gasteiger partial charge in [-0.15, -0.1) is 0 Å². The van der Waals surface area contributed by atoms with Gasteiger partial charge in [0.25, 0.3) is 5.91 Å². The van der Waals surface area contributed by atoms with Gasteiger partial charge in [-0.3, -0.25) is 4.79 Å². The Labute approximate surface area is 139 Å². The van der Waals surface area contributed by atoms with Crippen LogP contribution in [0.15, 0.2) is 36.5 Å². The SMILES string of the molecule is CSC[C@H](CCO)NC(=O)c1ccn(-c2cccc(C#N)c2)n1. The van der Waals surface area contributed by atoms with Crippen LogP contribution >= 0.6 is 11.8 Å². The fourth-order valence-electron chi connectivity index (χ4n) is 2.12. The van der Waals surface area contributed by atoms with E-state index in [9.17, 15) is 4.79 Å². The Kier molecular flexibility index (Phi) is 6.20. The highest BCUT2D eigenvalue weighted by molar-refractivity contribution is 7.98. The van der Waals surface area contributed by atoms with E-state index in [1.807, 2.05) is 12.3 Å². The number of nitrogens with zero attached hydrogens (tertiary/aromatic N) is 3. The number of thioether (sulfide) groups is 1. The molecular weight excluding hydrogens is 312 g/mol. The number of aliphatic hydroxyl groups excluding tert-OH is 1. The lowest BCUT2D eigenvalue weighted by atomic mass is 10.2. The maximum Gasteiger partial charge on any atom is 0.272 e. The minimum Gasteiger partial charge on any atom is -0.396 e. The molecule has 0 saturated heterocycles. The number of benzene rings is 1. The summed E-state index contributed by atoms with van der Waals surface area (Å²) in [4.78, 5) is 12.2. The topological polar surface area (TPSA) is 90.9 Å². The Hall–Kier alpha value is -2.30. The number of carbonyl (C=O) groups is 1. The minimum atomic E-state index is -0.271. The average Bonchev–Trinajstić information content (AvgIpc) is 3.05. The van der Waals surface area contributed by atoms with E-state index in [-0.39, 0.29) is 18.6 Å². The van der Waals surface area contributed by atoms with E-state index < -0.39 is 0 Å².